The summed E-state index contributed by atoms with van der Waals surface area (Å²) < 4.78 is 0. The molecule has 0 saturated carbocycles. The van der Waals surface area contributed by atoms with Crippen LogP contribution in [0, 0.1) is 11.8 Å². The summed E-state index contributed by atoms with van der Waals surface area (Å²) in [6.45, 7) is 9.32. The summed E-state index contributed by atoms with van der Waals surface area (Å²) in [6.07, 6.45) is 2.65. The SMILES string of the molecule is CCC1CC(NC(C)=O)CN(C(=O)CC(C)C)C1. The molecule has 1 aliphatic heterocycles. The Morgan fingerprint density at radius 3 is 2.50 bits per heavy atom. The highest BCUT2D eigenvalue weighted by Crippen LogP contribution is 2.21. The van der Waals surface area contributed by atoms with E-state index in [4.69, 9.17) is 0 Å². The Hall–Kier alpha value is -1.06. The van der Waals surface area contributed by atoms with Crippen molar-refractivity contribution in [2.75, 3.05) is 13.1 Å². The first-order chi connectivity index (χ1) is 8.42. The van der Waals surface area contributed by atoms with Crippen molar-refractivity contribution in [2.24, 2.45) is 11.8 Å². The maximum Gasteiger partial charge on any atom is 0.222 e. The summed E-state index contributed by atoms with van der Waals surface area (Å²) in [7, 11) is 0. The number of likely N-dealkylation sites (tertiary alicyclic amines) is 1. The van der Waals surface area contributed by atoms with E-state index < -0.39 is 0 Å². The van der Waals surface area contributed by atoms with E-state index in [1.54, 1.807) is 0 Å². The largest absolute Gasteiger partial charge is 0.352 e. The molecule has 1 fully saturated rings. The van der Waals surface area contributed by atoms with E-state index in [0.29, 0.717) is 24.8 Å². The Bertz CT molecular complexity index is 302. The van der Waals surface area contributed by atoms with Gasteiger partial charge in [-0.1, -0.05) is 27.2 Å². The van der Waals surface area contributed by atoms with Crippen molar-refractivity contribution in [3.63, 3.8) is 0 Å². The molecular weight excluding hydrogens is 228 g/mol. The fourth-order valence-corrected chi connectivity index (χ4v) is 2.57. The first-order valence-corrected chi connectivity index (χ1v) is 6.97. The van der Waals surface area contributed by atoms with E-state index in [-0.39, 0.29) is 17.9 Å². The van der Waals surface area contributed by atoms with Gasteiger partial charge in [0, 0.05) is 32.5 Å². The topological polar surface area (TPSA) is 49.4 Å². The molecule has 1 aliphatic rings. The van der Waals surface area contributed by atoms with Gasteiger partial charge in [-0.2, -0.15) is 0 Å². The molecule has 0 aromatic heterocycles. The van der Waals surface area contributed by atoms with E-state index in [1.807, 2.05) is 4.90 Å². The van der Waals surface area contributed by atoms with Crippen molar-refractivity contribution in [1.29, 1.82) is 0 Å². The maximum absolute atomic E-state index is 12.1. The van der Waals surface area contributed by atoms with Gasteiger partial charge in [-0.25, -0.2) is 0 Å². The molecule has 2 atom stereocenters. The molecule has 1 saturated heterocycles. The van der Waals surface area contributed by atoms with Gasteiger partial charge in [0.25, 0.3) is 0 Å². The van der Waals surface area contributed by atoms with Crippen molar-refractivity contribution in [1.82, 2.24) is 10.2 Å². The molecule has 2 unspecified atom stereocenters. The van der Waals surface area contributed by atoms with Crippen LogP contribution in [0.3, 0.4) is 0 Å². The maximum atomic E-state index is 12.1. The Morgan fingerprint density at radius 1 is 1.33 bits per heavy atom. The zero-order valence-corrected chi connectivity index (χ0v) is 12.0. The lowest BCUT2D eigenvalue weighted by Gasteiger charge is -2.38. The highest BCUT2D eigenvalue weighted by atomic mass is 16.2. The predicted octanol–water partition coefficient (Wildman–Crippen LogP) is 1.80. The van der Waals surface area contributed by atoms with E-state index in [1.165, 1.54) is 6.92 Å². The number of carbonyl (C=O) groups excluding carboxylic acids is 2. The van der Waals surface area contributed by atoms with Gasteiger partial charge in [-0.3, -0.25) is 9.59 Å². The van der Waals surface area contributed by atoms with Crippen LogP contribution in [0.25, 0.3) is 0 Å². The number of carbonyl (C=O) groups is 2. The second-order valence-corrected chi connectivity index (χ2v) is 5.80. The fourth-order valence-electron chi connectivity index (χ4n) is 2.57. The van der Waals surface area contributed by atoms with Gasteiger partial charge >= 0.3 is 0 Å². The molecule has 0 bridgehead atoms. The molecule has 1 heterocycles. The van der Waals surface area contributed by atoms with Crippen molar-refractivity contribution in [3.05, 3.63) is 0 Å². The molecule has 1 N–H and O–H groups in total. The van der Waals surface area contributed by atoms with Gasteiger partial charge in [0.05, 0.1) is 0 Å². The third kappa shape index (κ3) is 4.67. The van der Waals surface area contributed by atoms with E-state index >= 15 is 0 Å². The average Bonchev–Trinajstić information content (AvgIpc) is 2.26. The quantitative estimate of drug-likeness (QED) is 0.831. The number of hydrogen-bond acceptors (Lipinski definition) is 2. The second-order valence-electron chi connectivity index (χ2n) is 5.80. The number of piperidine rings is 1. The molecule has 0 radical (unpaired) electrons. The molecule has 0 spiro atoms. The van der Waals surface area contributed by atoms with Crippen LogP contribution in [-0.2, 0) is 9.59 Å². The molecule has 104 valence electrons. The molecule has 4 heteroatoms. The molecule has 4 nitrogen and oxygen atoms in total. The highest BCUT2D eigenvalue weighted by molar-refractivity contribution is 5.77. The monoisotopic (exact) mass is 254 g/mol. The minimum atomic E-state index is -0.00647. The molecule has 1 rings (SSSR count). The summed E-state index contributed by atoms with van der Waals surface area (Å²) >= 11 is 0. The Labute approximate surface area is 110 Å². The van der Waals surface area contributed by atoms with E-state index in [9.17, 15) is 9.59 Å². The predicted molar refractivity (Wildman–Crippen MR) is 72.0 cm³/mol. The normalized spacial score (nSPS) is 24.2. The van der Waals surface area contributed by atoms with Crippen LogP contribution in [0.1, 0.15) is 47.0 Å². The first-order valence-electron chi connectivity index (χ1n) is 6.97. The molecule has 2 amide bonds. The molecule has 18 heavy (non-hydrogen) atoms. The summed E-state index contributed by atoms with van der Waals surface area (Å²) in [5.74, 6) is 1.11. The van der Waals surface area contributed by atoms with Crippen molar-refractivity contribution in [3.8, 4) is 0 Å². The Morgan fingerprint density at radius 2 is 2.00 bits per heavy atom. The van der Waals surface area contributed by atoms with Crippen LogP contribution in [0.15, 0.2) is 0 Å². The summed E-state index contributed by atoms with van der Waals surface area (Å²) in [5, 5.41) is 2.95. The number of rotatable bonds is 4. The molecular formula is C14H26N2O2. The van der Waals surface area contributed by atoms with Gasteiger partial charge < -0.3 is 10.2 Å². The molecule has 0 aromatic carbocycles. The lowest BCUT2D eigenvalue weighted by Crippen LogP contribution is -2.52. The molecule has 0 aliphatic carbocycles. The summed E-state index contributed by atoms with van der Waals surface area (Å²) in [4.78, 5) is 25.2. The standard InChI is InChI=1S/C14H26N2O2/c1-5-12-7-13(15-11(4)17)9-16(8-12)14(18)6-10(2)3/h10,12-13H,5-9H2,1-4H3,(H,15,17). The third-order valence-corrected chi connectivity index (χ3v) is 3.46. The highest BCUT2D eigenvalue weighted by Gasteiger charge is 2.29. The number of amides is 2. The number of nitrogens with zero attached hydrogens (tertiary/aromatic N) is 1. The van der Waals surface area contributed by atoms with Crippen LogP contribution >= 0.6 is 0 Å². The lowest BCUT2D eigenvalue weighted by molar-refractivity contribution is -0.135. The van der Waals surface area contributed by atoms with Gasteiger partial charge in [-0.15, -0.1) is 0 Å². The number of hydrogen-bond donors (Lipinski definition) is 1. The average molecular weight is 254 g/mol. The fraction of sp³-hybridized carbons (Fsp3) is 0.857. The van der Waals surface area contributed by atoms with Crippen molar-refractivity contribution >= 4 is 11.8 Å². The Balaban J connectivity index is 2.61. The molecule has 0 aromatic rings. The smallest absolute Gasteiger partial charge is 0.222 e. The van der Waals surface area contributed by atoms with Crippen LogP contribution in [0.4, 0.5) is 0 Å². The minimum Gasteiger partial charge on any atom is -0.352 e. The van der Waals surface area contributed by atoms with Gasteiger partial charge in [-0.05, 0) is 18.3 Å². The first kappa shape index (κ1) is 15.0. The van der Waals surface area contributed by atoms with Gasteiger partial charge in [0.15, 0.2) is 0 Å². The lowest BCUT2D eigenvalue weighted by atomic mass is 9.91. The minimum absolute atomic E-state index is 0.00647. The summed E-state index contributed by atoms with van der Waals surface area (Å²) in [6, 6.07) is 0.123. The van der Waals surface area contributed by atoms with Gasteiger partial charge in [0.1, 0.15) is 0 Å². The van der Waals surface area contributed by atoms with E-state index in [2.05, 4.69) is 26.1 Å². The second kappa shape index (κ2) is 6.76. The third-order valence-electron chi connectivity index (χ3n) is 3.46. The number of nitrogens with one attached hydrogen (secondary N) is 1. The van der Waals surface area contributed by atoms with Gasteiger partial charge in [0.2, 0.25) is 11.8 Å². The zero-order valence-electron chi connectivity index (χ0n) is 12.0. The van der Waals surface area contributed by atoms with E-state index in [0.717, 1.165) is 19.4 Å². The zero-order chi connectivity index (χ0) is 13.7. The van der Waals surface area contributed by atoms with Crippen LogP contribution < -0.4 is 5.32 Å². The van der Waals surface area contributed by atoms with Crippen LogP contribution in [0.5, 0.6) is 0 Å². The van der Waals surface area contributed by atoms with Crippen LogP contribution in [0.2, 0.25) is 0 Å². The van der Waals surface area contributed by atoms with Crippen molar-refractivity contribution in [2.45, 2.75) is 53.0 Å². The summed E-state index contributed by atoms with van der Waals surface area (Å²) in [5.41, 5.74) is 0. The van der Waals surface area contributed by atoms with Crippen molar-refractivity contribution < 1.29 is 9.59 Å². The van der Waals surface area contributed by atoms with Crippen LogP contribution in [-0.4, -0.2) is 35.8 Å². The Kier molecular flexibility index (Phi) is 5.63.